The predicted molar refractivity (Wildman–Crippen MR) is 148 cm³/mol. The fourth-order valence-electron chi connectivity index (χ4n) is 3.83. The van der Waals surface area contributed by atoms with E-state index in [9.17, 15) is 22.9 Å². The molecule has 0 fully saturated rings. The van der Waals surface area contributed by atoms with E-state index in [1.807, 2.05) is 0 Å². The Morgan fingerprint density at radius 3 is 2.51 bits per heavy atom. The molecule has 0 saturated carbocycles. The molecule has 0 aliphatic rings. The van der Waals surface area contributed by atoms with Gasteiger partial charge in [-0.3, -0.25) is 28.7 Å². The smallest absolute Gasteiger partial charge is 0.447 e. The third kappa shape index (κ3) is 9.85. The van der Waals surface area contributed by atoms with Crippen molar-refractivity contribution in [3.05, 3.63) is 70.9 Å². The quantitative estimate of drug-likeness (QED) is 0.121. The van der Waals surface area contributed by atoms with Gasteiger partial charge in [0, 0.05) is 45.7 Å². The standard InChI is InChI=1S/C26H28ClF4N4O7P/c1-16(36)35(33-13-18-5-4-6-22(29)24(18)27)21(11-26(30,31)15-42-43(38,39-2)40-3)14-41-25(37)34-23-10-19-9-20(28)8-7-17(19)12-32-23/h4-10,12,21,33H,11,13-15H2,1-3H3,(H,32,34,37)/t21-/m0/s1. The molecule has 2 N–H and O–H groups in total. The number of halogens is 5. The van der Waals surface area contributed by atoms with E-state index in [0.717, 1.165) is 32.2 Å². The number of hydrogen-bond donors (Lipinski definition) is 2. The van der Waals surface area contributed by atoms with Gasteiger partial charge in [-0.15, -0.1) is 0 Å². The van der Waals surface area contributed by atoms with Crippen LogP contribution in [0.2, 0.25) is 5.02 Å². The molecule has 2 aromatic carbocycles. The highest BCUT2D eigenvalue weighted by atomic mass is 35.5. The second-order valence-corrected chi connectivity index (χ2v) is 11.3. The first kappa shape index (κ1) is 34.2. The fourth-order valence-corrected chi connectivity index (χ4v) is 4.73. The van der Waals surface area contributed by atoms with Crippen molar-refractivity contribution in [2.75, 3.05) is 32.8 Å². The van der Waals surface area contributed by atoms with Gasteiger partial charge in [0.15, 0.2) is 0 Å². The summed E-state index contributed by atoms with van der Waals surface area (Å²) in [5.74, 6) is -5.79. The predicted octanol–water partition coefficient (Wildman–Crippen LogP) is 6.08. The lowest BCUT2D eigenvalue weighted by Gasteiger charge is -2.33. The number of amides is 2. The van der Waals surface area contributed by atoms with E-state index in [-0.39, 0.29) is 22.9 Å². The Morgan fingerprint density at radius 1 is 1.12 bits per heavy atom. The molecular weight excluding hydrogens is 623 g/mol. The van der Waals surface area contributed by atoms with Gasteiger partial charge in [0.25, 0.3) is 5.92 Å². The van der Waals surface area contributed by atoms with Gasteiger partial charge in [-0.25, -0.2) is 37.3 Å². The number of rotatable bonds is 14. The molecule has 1 heterocycles. The summed E-state index contributed by atoms with van der Waals surface area (Å²) in [6.07, 6.45) is -0.899. The normalized spacial score (nSPS) is 12.7. The maximum Gasteiger partial charge on any atom is 0.474 e. The minimum absolute atomic E-state index is 0.0180. The van der Waals surface area contributed by atoms with E-state index in [4.69, 9.17) is 16.3 Å². The zero-order chi connectivity index (χ0) is 31.8. The largest absolute Gasteiger partial charge is 0.474 e. The number of carbonyl (C=O) groups excluding carboxylic acids is 2. The van der Waals surface area contributed by atoms with E-state index in [2.05, 4.69) is 29.3 Å². The van der Waals surface area contributed by atoms with Gasteiger partial charge in [-0.2, -0.15) is 0 Å². The lowest BCUT2D eigenvalue weighted by atomic mass is 10.1. The van der Waals surface area contributed by atoms with Crippen LogP contribution in [0.25, 0.3) is 10.8 Å². The van der Waals surface area contributed by atoms with Crippen LogP contribution in [-0.2, 0) is 34.2 Å². The van der Waals surface area contributed by atoms with Crippen molar-refractivity contribution < 1.29 is 50.0 Å². The first-order valence-corrected chi connectivity index (χ1v) is 14.3. The van der Waals surface area contributed by atoms with Crippen LogP contribution in [0.15, 0.2) is 48.7 Å². The Bertz CT molecular complexity index is 1500. The number of carbonyl (C=O) groups is 2. The number of nitrogens with one attached hydrogen (secondary N) is 2. The molecule has 43 heavy (non-hydrogen) atoms. The number of benzene rings is 2. The molecule has 0 bridgehead atoms. The monoisotopic (exact) mass is 650 g/mol. The summed E-state index contributed by atoms with van der Waals surface area (Å²) in [6.45, 7) is -1.42. The van der Waals surface area contributed by atoms with Gasteiger partial charge in [0.1, 0.15) is 30.7 Å². The van der Waals surface area contributed by atoms with E-state index in [1.54, 1.807) is 0 Å². The third-order valence-electron chi connectivity index (χ3n) is 5.91. The molecule has 3 aromatic rings. The molecule has 0 radical (unpaired) electrons. The molecule has 0 spiro atoms. The second-order valence-electron chi connectivity index (χ2n) is 9.02. The fraction of sp³-hybridized carbons (Fsp3) is 0.346. The lowest BCUT2D eigenvalue weighted by molar-refractivity contribution is -0.141. The van der Waals surface area contributed by atoms with Crippen molar-refractivity contribution >= 4 is 48.0 Å². The number of nitrogens with zero attached hydrogens (tertiary/aromatic N) is 2. The number of fused-ring (bicyclic) bond motifs is 1. The number of phosphoric acid groups is 1. The molecule has 11 nitrogen and oxygen atoms in total. The molecule has 0 unspecified atom stereocenters. The van der Waals surface area contributed by atoms with Gasteiger partial charge in [0.05, 0.1) is 11.1 Å². The Labute approximate surface area is 249 Å². The molecule has 234 valence electrons. The maximum absolute atomic E-state index is 15.0. The number of aromatic nitrogens is 1. The number of ether oxygens (including phenoxy) is 1. The first-order chi connectivity index (χ1) is 20.3. The van der Waals surface area contributed by atoms with Crippen molar-refractivity contribution in [3.8, 4) is 0 Å². The van der Waals surface area contributed by atoms with Gasteiger partial charge >= 0.3 is 13.9 Å². The first-order valence-electron chi connectivity index (χ1n) is 12.4. The minimum atomic E-state index is -4.27. The van der Waals surface area contributed by atoms with Crippen molar-refractivity contribution in [1.82, 2.24) is 15.4 Å². The molecule has 0 aliphatic heterocycles. The summed E-state index contributed by atoms with van der Waals surface area (Å²) >= 11 is 5.97. The summed E-state index contributed by atoms with van der Waals surface area (Å²) < 4.78 is 88.5. The SMILES string of the molecule is COP(=O)(OC)OCC(F)(F)C[C@@H](COC(=O)Nc1cc2cc(F)ccc2cn1)N(NCc1cccc(F)c1Cl)C(C)=O. The van der Waals surface area contributed by atoms with Crippen molar-refractivity contribution in [2.45, 2.75) is 31.9 Å². The lowest BCUT2D eigenvalue weighted by Crippen LogP contribution is -2.53. The zero-order valence-electron chi connectivity index (χ0n) is 23.1. The van der Waals surface area contributed by atoms with Crippen LogP contribution in [0.1, 0.15) is 18.9 Å². The Morgan fingerprint density at radius 2 is 1.84 bits per heavy atom. The maximum atomic E-state index is 15.0. The van der Waals surface area contributed by atoms with Crippen LogP contribution < -0.4 is 10.7 Å². The van der Waals surface area contributed by atoms with Crippen LogP contribution >= 0.6 is 19.4 Å². The summed E-state index contributed by atoms with van der Waals surface area (Å²) in [5.41, 5.74) is 2.82. The van der Waals surface area contributed by atoms with Gasteiger partial charge in [0.2, 0.25) is 5.91 Å². The number of phosphoric ester groups is 1. The second kappa shape index (κ2) is 14.9. The van der Waals surface area contributed by atoms with Crippen LogP contribution in [0.5, 0.6) is 0 Å². The Kier molecular flexibility index (Phi) is 11.8. The highest BCUT2D eigenvalue weighted by Gasteiger charge is 2.40. The summed E-state index contributed by atoms with van der Waals surface area (Å²) in [5, 5.41) is 3.85. The topological polar surface area (TPSA) is 128 Å². The molecule has 1 aromatic heterocycles. The van der Waals surface area contributed by atoms with E-state index >= 15 is 8.78 Å². The Balaban J connectivity index is 1.78. The summed E-state index contributed by atoms with van der Waals surface area (Å²) in [4.78, 5) is 29.1. The third-order valence-corrected chi connectivity index (χ3v) is 7.67. The van der Waals surface area contributed by atoms with E-state index in [1.165, 1.54) is 42.6 Å². The zero-order valence-corrected chi connectivity index (χ0v) is 24.8. The van der Waals surface area contributed by atoms with Crippen LogP contribution in [0, 0.1) is 11.6 Å². The van der Waals surface area contributed by atoms with E-state index < -0.39 is 63.1 Å². The molecule has 1 atom stereocenters. The molecule has 0 saturated heterocycles. The number of hydrogen-bond acceptors (Lipinski definition) is 9. The van der Waals surface area contributed by atoms with Crippen LogP contribution in [0.4, 0.5) is 28.2 Å². The average molecular weight is 651 g/mol. The van der Waals surface area contributed by atoms with Crippen LogP contribution in [0.3, 0.4) is 0 Å². The minimum Gasteiger partial charge on any atom is -0.447 e. The highest BCUT2D eigenvalue weighted by Crippen LogP contribution is 2.48. The molecule has 0 aliphatic carbocycles. The van der Waals surface area contributed by atoms with Crippen LogP contribution in [-0.4, -0.2) is 61.4 Å². The average Bonchev–Trinajstić information content (AvgIpc) is 2.96. The Hall–Kier alpha value is -3.33. The number of hydrazine groups is 1. The summed E-state index contributed by atoms with van der Waals surface area (Å²) in [6, 6.07) is 7.72. The number of pyridine rings is 1. The number of alkyl halides is 2. The van der Waals surface area contributed by atoms with Gasteiger partial charge in [-0.1, -0.05) is 23.7 Å². The van der Waals surface area contributed by atoms with Crippen molar-refractivity contribution in [3.63, 3.8) is 0 Å². The molecule has 3 rings (SSSR count). The van der Waals surface area contributed by atoms with Crippen molar-refractivity contribution in [2.24, 2.45) is 0 Å². The molecule has 17 heteroatoms. The molecule has 2 amide bonds. The van der Waals surface area contributed by atoms with Gasteiger partial charge < -0.3 is 4.74 Å². The molecular formula is C26H28ClF4N4O7P. The van der Waals surface area contributed by atoms with Crippen molar-refractivity contribution in [1.29, 1.82) is 0 Å². The highest BCUT2D eigenvalue weighted by molar-refractivity contribution is 7.48. The summed E-state index contributed by atoms with van der Waals surface area (Å²) in [7, 11) is -2.39. The van der Waals surface area contributed by atoms with Gasteiger partial charge in [-0.05, 0) is 41.3 Å². The number of anilines is 1. The van der Waals surface area contributed by atoms with E-state index in [0.29, 0.717) is 10.8 Å².